The number of hydrogen-bond acceptors (Lipinski definition) is 4. The highest BCUT2D eigenvalue weighted by molar-refractivity contribution is 4.89. The molecule has 1 heterocycles. The fraction of sp³-hybridized carbons (Fsp3) is 0.882. The van der Waals surface area contributed by atoms with Crippen molar-refractivity contribution in [1.82, 2.24) is 15.5 Å². The van der Waals surface area contributed by atoms with E-state index < -0.39 is 0 Å². The van der Waals surface area contributed by atoms with Crippen molar-refractivity contribution in [3.05, 3.63) is 11.7 Å². The van der Waals surface area contributed by atoms with Gasteiger partial charge in [-0.2, -0.15) is 4.98 Å². The number of nitrogens with one attached hydrogen (secondary N) is 1. The van der Waals surface area contributed by atoms with Crippen LogP contribution in [0.5, 0.6) is 0 Å². The van der Waals surface area contributed by atoms with Gasteiger partial charge in [-0.25, -0.2) is 0 Å². The summed E-state index contributed by atoms with van der Waals surface area (Å²) >= 11 is 0. The zero-order valence-corrected chi connectivity index (χ0v) is 13.3. The third-order valence-corrected chi connectivity index (χ3v) is 5.39. The molecule has 3 rings (SSSR count). The maximum absolute atomic E-state index is 5.20. The molecule has 2 fully saturated rings. The summed E-state index contributed by atoms with van der Waals surface area (Å²) in [7, 11) is 0. The van der Waals surface area contributed by atoms with Gasteiger partial charge in [-0.1, -0.05) is 50.1 Å². The van der Waals surface area contributed by atoms with Crippen LogP contribution >= 0.6 is 0 Å². The van der Waals surface area contributed by atoms with Crippen molar-refractivity contribution in [3.8, 4) is 0 Å². The number of nitrogens with zero attached hydrogens (tertiary/aromatic N) is 2. The van der Waals surface area contributed by atoms with Gasteiger partial charge in [-0.05, 0) is 31.6 Å². The second-order valence-electron chi connectivity index (χ2n) is 6.89. The first-order valence-electron chi connectivity index (χ1n) is 8.85. The van der Waals surface area contributed by atoms with E-state index in [4.69, 9.17) is 4.52 Å². The fourth-order valence-corrected chi connectivity index (χ4v) is 4.35. The maximum Gasteiger partial charge on any atom is 0.227 e. The summed E-state index contributed by atoms with van der Waals surface area (Å²) in [5.41, 5.74) is 0. The monoisotopic (exact) mass is 291 g/mol. The molecule has 0 spiro atoms. The predicted molar refractivity (Wildman–Crippen MR) is 83.1 cm³/mol. The standard InChI is InChI=1S/C17H29N3O/c1-13-19-17(21-20-13)11-12-18-16-10-6-5-9-15(16)14-7-3-2-4-8-14/h14-16,18H,2-12H2,1H3. The minimum Gasteiger partial charge on any atom is -0.339 e. The van der Waals surface area contributed by atoms with Crippen molar-refractivity contribution in [3.63, 3.8) is 0 Å². The van der Waals surface area contributed by atoms with Gasteiger partial charge >= 0.3 is 0 Å². The fourth-order valence-electron chi connectivity index (χ4n) is 4.35. The van der Waals surface area contributed by atoms with Crippen LogP contribution in [0.1, 0.15) is 69.5 Å². The van der Waals surface area contributed by atoms with Gasteiger partial charge < -0.3 is 9.84 Å². The zero-order valence-electron chi connectivity index (χ0n) is 13.3. The third-order valence-electron chi connectivity index (χ3n) is 5.39. The molecule has 2 aliphatic rings. The summed E-state index contributed by atoms with van der Waals surface area (Å²) in [6.45, 7) is 2.84. The molecular weight excluding hydrogens is 262 g/mol. The first-order chi connectivity index (χ1) is 10.3. The van der Waals surface area contributed by atoms with Crippen LogP contribution in [0.4, 0.5) is 0 Å². The molecule has 0 bridgehead atoms. The van der Waals surface area contributed by atoms with Gasteiger partial charge in [0.2, 0.25) is 5.89 Å². The SMILES string of the molecule is Cc1noc(CCNC2CCCCC2C2CCCCC2)n1. The van der Waals surface area contributed by atoms with Crippen LogP contribution in [-0.4, -0.2) is 22.7 Å². The van der Waals surface area contributed by atoms with Gasteiger partial charge in [0.15, 0.2) is 5.82 Å². The molecule has 4 nitrogen and oxygen atoms in total. The lowest BCUT2D eigenvalue weighted by Gasteiger charge is -2.39. The van der Waals surface area contributed by atoms with Crippen molar-refractivity contribution in [2.75, 3.05) is 6.54 Å². The van der Waals surface area contributed by atoms with Gasteiger partial charge in [-0.15, -0.1) is 0 Å². The molecule has 2 unspecified atom stereocenters. The van der Waals surface area contributed by atoms with Crippen LogP contribution in [0.25, 0.3) is 0 Å². The lowest BCUT2D eigenvalue weighted by atomic mass is 9.71. The molecular formula is C17H29N3O. The van der Waals surface area contributed by atoms with Crippen molar-refractivity contribution < 1.29 is 4.52 Å². The van der Waals surface area contributed by atoms with Crippen molar-refractivity contribution in [1.29, 1.82) is 0 Å². The van der Waals surface area contributed by atoms with E-state index in [1.54, 1.807) is 0 Å². The Balaban J connectivity index is 1.49. The summed E-state index contributed by atoms with van der Waals surface area (Å²) in [4.78, 5) is 4.28. The second kappa shape index (κ2) is 7.39. The summed E-state index contributed by atoms with van der Waals surface area (Å²) in [5, 5.41) is 7.66. The van der Waals surface area contributed by atoms with E-state index in [9.17, 15) is 0 Å². The van der Waals surface area contributed by atoms with Gasteiger partial charge in [0.05, 0.1) is 0 Å². The van der Waals surface area contributed by atoms with E-state index in [0.29, 0.717) is 6.04 Å². The Morgan fingerprint density at radius 1 is 1.05 bits per heavy atom. The van der Waals surface area contributed by atoms with Crippen molar-refractivity contribution in [2.45, 2.75) is 77.2 Å². The molecule has 0 aliphatic heterocycles. The molecule has 1 aromatic heterocycles. The summed E-state index contributed by atoms with van der Waals surface area (Å²) in [6.07, 6.45) is 13.8. The Labute approximate surface area is 128 Å². The van der Waals surface area contributed by atoms with E-state index in [1.165, 1.54) is 57.8 Å². The molecule has 118 valence electrons. The topological polar surface area (TPSA) is 51.0 Å². The minimum atomic E-state index is 0.714. The molecule has 2 atom stereocenters. The van der Waals surface area contributed by atoms with Crippen LogP contribution in [0.15, 0.2) is 4.52 Å². The minimum absolute atomic E-state index is 0.714. The van der Waals surface area contributed by atoms with E-state index in [0.717, 1.165) is 36.5 Å². The smallest absolute Gasteiger partial charge is 0.227 e. The zero-order chi connectivity index (χ0) is 14.5. The van der Waals surface area contributed by atoms with E-state index in [-0.39, 0.29) is 0 Å². The lowest BCUT2D eigenvalue weighted by Crippen LogP contribution is -2.43. The molecule has 2 aliphatic carbocycles. The highest BCUT2D eigenvalue weighted by atomic mass is 16.5. The Bertz CT molecular complexity index is 425. The Kier molecular flexibility index (Phi) is 5.28. The molecule has 0 aromatic carbocycles. The quantitative estimate of drug-likeness (QED) is 0.899. The maximum atomic E-state index is 5.20. The Morgan fingerprint density at radius 3 is 2.57 bits per heavy atom. The molecule has 0 saturated heterocycles. The first-order valence-corrected chi connectivity index (χ1v) is 8.85. The summed E-state index contributed by atoms with van der Waals surface area (Å²) in [5.74, 6) is 3.39. The first kappa shape index (κ1) is 15.0. The number of aromatic nitrogens is 2. The Morgan fingerprint density at radius 2 is 1.81 bits per heavy atom. The Hall–Kier alpha value is -0.900. The highest BCUT2D eigenvalue weighted by Gasteiger charge is 2.32. The van der Waals surface area contributed by atoms with E-state index in [1.807, 2.05) is 6.92 Å². The number of aryl methyl sites for hydroxylation is 1. The molecule has 1 N–H and O–H groups in total. The number of hydrogen-bond donors (Lipinski definition) is 1. The normalized spacial score (nSPS) is 27.9. The van der Waals surface area contributed by atoms with Crippen LogP contribution < -0.4 is 5.32 Å². The largest absolute Gasteiger partial charge is 0.339 e. The molecule has 4 heteroatoms. The van der Waals surface area contributed by atoms with Crippen LogP contribution in [-0.2, 0) is 6.42 Å². The molecule has 2 saturated carbocycles. The van der Waals surface area contributed by atoms with Crippen LogP contribution in [0, 0.1) is 18.8 Å². The highest BCUT2D eigenvalue weighted by Crippen LogP contribution is 2.38. The van der Waals surface area contributed by atoms with Gasteiger partial charge in [0.1, 0.15) is 0 Å². The van der Waals surface area contributed by atoms with Crippen molar-refractivity contribution >= 4 is 0 Å². The molecule has 0 radical (unpaired) electrons. The molecule has 1 aromatic rings. The van der Waals surface area contributed by atoms with E-state index >= 15 is 0 Å². The average molecular weight is 291 g/mol. The third kappa shape index (κ3) is 4.06. The second-order valence-corrected chi connectivity index (χ2v) is 6.89. The van der Waals surface area contributed by atoms with E-state index in [2.05, 4.69) is 15.5 Å². The van der Waals surface area contributed by atoms with Crippen LogP contribution in [0.3, 0.4) is 0 Å². The van der Waals surface area contributed by atoms with Gasteiger partial charge in [0, 0.05) is 19.0 Å². The lowest BCUT2D eigenvalue weighted by molar-refractivity contribution is 0.150. The van der Waals surface area contributed by atoms with Crippen LogP contribution in [0.2, 0.25) is 0 Å². The summed E-state index contributed by atoms with van der Waals surface area (Å²) < 4.78 is 5.20. The molecule has 0 amide bonds. The number of rotatable bonds is 5. The van der Waals surface area contributed by atoms with Gasteiger partial charge in [0.25, 0.3) is 0 Å². The molecule has 21 heavy (non-hydrogen) atoms. The van der Waals surface area contributed by atoms with Crippen molar-refractivity contribution in [2.24, 2.45) is 11.8 Å². The van der Waals surface area contributed by atoms with Gasteiger partial charge in [-0.3, -0.25) is 0 Å². The predicted octanol–water partition coefficient (Wildman–Crippen LogP) is 3.65. The average Bonchev–Trinajstić information content (AvgIpc) is 2.94. The summed E-state index contributed by atoms with van der Waals surface area (Å²) in [6, 6.07) is 0.714.